The maximum atomic E-state index is 8.42. The maximum Gasteiger partial charge on any atom is 0.0765 e. The summed E-state index contributed by atoms with van der Waals surface area (Å²) in [7, 11) is 0. The van der Waals surface area contributed by atoms with Gasteiger partial charge in [-0.3, -0.25) is 0 Å². The zero-order valence-electron chi connectivity index (χ0n) is 7.86. The van der Waals surface area contributed by atoms with Crippen molar-refractivity contribution in [3.05, 3.63) is 41.5 Å². The molecule has 0 amide bonds. The van der Waals surface area contributed by atoms with Gasteiger partial charge in [0, 0.05) is 0 Å². The van der Waals surface area contributed by atoms with Crippen LogP contribution in [0.2, 0.25) is 0 Å². The molecule has 68 valence electrons. The summed E-state index contributed by atoms with van der Waals surface area (Å²) in [5, 5.41) is 11.5. The Bertz CT molecular complexity index is 340. The van der Waals surface area contributed by atoms with Gasteiger partial charge >= 0.3 is 0 Å². The SMILES string of the molecule is CC(/C=C/c1ccccc1C)=N\O. The van der Waals surface area contributed by atoms with Crippen LogP contribution in [0.3, 0.4) is 0 Å². The predicted molar refractivity (Wildman–Crippen MR) is 55.1 cm³/mol. The first-order chi connectivity index (χ1) is 6.24. The van der Waals surface area contributed by atoms with Crippen LogP contribution in [0.15, 0.2) is 35.5 Å². The van der Waals surface area contributed by atoms with Crippen LogP contribution in [0.4, 0.5) is 0 Å². The van der Waals surface area contributed by atoms with Crippen molar-refractivity contribution in [2.45, 2.75) is 13.8 Å². The highest BCUT2D eigenvalue weighted by Crippen LogP contribution is 2.08. The summed E-state index contributed by atoms with van der Waals surface area (Å²) in [6.45, 7) is 3.79. The monoisotopic (exact) mass is 175 g/mol. The van der Waals surface area contributed by atoms with E-state index in [4.69, 9.17) is 5.21 Å². The Kier molecular flexibility index (Phi) is 3.26. The number of hydrogen-bond donors (Lipinski definition) is 1. The standard InChI is InChI=1S/C11H13NO/c1-9-5-3-4-6-11(9)8-7-10(2)12-13/h3-8,13H,1-2H3/b8-7+,12-10+. The second-order valence-electron chi connectivity index (χ2n) is 2.93. The molecule has 13 heavy (non-hydrogen) atoms. The van der Waals surface area contributed by atoms with E-state index in [9.17, 15) is 0 Å². The van der Waals surface area contributed by atoms with Crippen LogP contribution in [0, 0.1) is 6.92 Å². The highest BCUT2D eigenvalue weighted by atomic mass is 16.4. The van der Waals surface area contributed by atoms with Gasteiger partial charge < -0.3 is 5.21 Å². The first-order valence-corrected chi connectivity index (χ1v) is 4.16. The van der Waals surface area contributed by atoms with Crippen LogP contribution in [0.5, 0.6) is 0 Å². The Hall–Kier alpha value is -1.57. The van der Waals surface area contributed by atoms with Gasteiger partial charge in [0.15, 0.2) is 0 Å². The van der Waals surface area contributed by atoms with Gasteiger partial charge in [0.25, 0.3) is 0 Å². The minimum atomic E-state index is 0.600. The van der Waals surface area contributed by atoms with Crippen molar-refractivity contribution < 1.29 is 5.21 Å². The third kappa shape index (κ3) is 2.75. The Morgan fingerprint density at radius 3 is 2.69 bits per heavy atom. The summed E-state index contributed by atoms with van der Waals surface area (Å²) < 4.78 is 0. The molecule has 0 aliphatic heterocycles. The van der Waals surface area contributed by atoms with Gasteiger partial charge in [0.2, 0.25) is 0 Å². The van der Waals surface area contributed by atoms with E-state index in [0.29, 0.717) is 5.71 Å². The normalized spacial score (nSPS) is 12.3. The second-order valence-corrected chi connectivity index (χ2v) is 2.93. The van der Waals surface area contributed by atoms with E-state index >= 15 is 0 Å². The molecule has 2 heteroatoms. The average molecular weight is 175 g/mol. The van der Waals surface area contributed by atoms with Gasteiger partial charge in [-0.25, -0.2) is 0 Å². The number of rotatable bonds is 2. The molecule has 0 aliphatic carbocycles. The van der Waals surface area contributed by atoms with Crippen LogP contribution < -0.4 is 0 Å². The quantitative estimate of drug-likeness (QED) is 0.418. The van der Waals surface area contributed by atoms with E-state index in [1.165, 1.54) is 5.56 Å². The first-order valence-electron chi connectivity index (χ1n) is 4.16. The minimum Gasteiger partial charge on any atom is -0.411 e. The fourth-order valence-corrected chi connectivity index (χ4v) is 1.02. The summed E-state index contributed by atoms with van der Waals surface area (Å²) in [4.78, 5) is 0. The lowest BCUT2D eigenvalue weighted by molar-refractivity contribution is 0.319. The van der Waals surface area contributed by atoms with E-state index in [1.807, 2.05) is 37.3 Å². The van der Waals surface area contributed by atoms with Crippen molar-refractivity contribution in [3.8, 4) is 0 Å². The third-order valence-electron chi connectivity index (χ3n) is 1.85. The van der Waals surface area contributed by atoms with Crippen LogP contribution in [-0.4, -0.2) is 10.9 Å². The van der Waals surface area contributed by atoms with Crippen molar-refractivity contribution in [2.75, 3.05) is 0 Å². The molecule has 0 aliphatic rings. The smallest absolute Gasteiger partial charge is 0.0765 e. The summed E-state index contributed by atoms with van der Waals surface area (Å²) in [5.74, 6) is 0. The topological polar surface area (TPSA) is 32.6 Å². The number of nitrogens with zero attached hydrogens (tertiary/aromatic N) is 1. The lowest BCUT2D eigenvalue weighted by Gasteiger charge is -1.97. The second kappa shape index (κ2) is 4.45. The molecule has 0 atom stereocenters. The highest BCUT2D eigenvalue weighted by Gasteiger charge is 1.90. The number of hydrogen-bond acceptors (Lipinski definition) is 2. The maximum absolute atomic E-state index is 8.42. The Balaban J connectivity index is 2.86. The van der Waals surface area contributed by atoms with Gasteiger partial charge in [-0.2, -0.15) is 0 Å². The van der Waals surface area contributed by atoms with Gasteiger partial charge in [-0.1, -0.05) is 35.5 Å². The molecule has 1 rings (SSSR count). The predicted octanol–water partition coefficient (Wildman–Crippen LogP) is 2.86. The van der Waals surface area contributed by atoms with E-state index in [1.54, 1.807) is 13.0 Å². The molecular formula is C11H13NO. The summed E-state index contributed by atoms with van der Waals surface area (Å²) in [6.07, 6.45) is 3.72. The largest absolute Gasteiger partial charge is 0.411 e. The molecule has 0 fully saturated rings. The van der Waals surface area contributed by atoms with E-state index < -0.39 is 0 Å². The van der Waals surface area contributed by atoms with Crippen LogP contribution in [0.25, 0.3) is 6.08 Å². The molecule has 0 bridgehead atoms. The average Bonchev–Trinajstić information content (AvgIpc) is 2.16. The third-order valence-corrected chi connectivity index (χ3v) is 1.85. The lowest BCUT2D eigenvalue weighted by atomic mass is 10.1. The van der Waals surface area contributed by atoms with E-state index in [-0.39, 0.29) is 0 Å². The molecule has 0 aromatic heterocycles. The molecule has 0 spiro atoms. The van der Waals surface area contributed by atoms with Crippen LogP contribution >= 0.6 is 0 Å². The van der Waals surface area contributed by atoms with Crippen molar-refractivity contribution in [3.63, 3.8) is 0 Å². The Morgan fingerprint density at radius 2 is 2.08 bits per heavy atom. The molecule has 0 saturated carbocycles. The number of oxime groups is 1. The van der Waals surface area contributed by atoms with Crippen LogP contribution in [0.1, 0.15) is 18.1 Å². The molecule has 1 aromatic carbocycles. The molecular weight excluding hydrogens is 162 g/mol. The zero-order valence-corrected chi connectivity index (χ0v) is 7.86. The van der Waals surface area contributed by atoms with Gasteiger partial charge in [0.05, 0.1) is 5.71 Å². The molecule has 1 aromatic rings. The molecule has 0 saturated heterocycles. The molecule has 0 unspecified atom stereocenters. The summed E-state index contributed by atoms with van der Waals surface area (Å²) in [5.41, 5.74) is 2.96. The summed E-state index contributed by atoms with van der Waals surface area (Å²) >= 11 is 0. The molecule has 1 N–H and O–H groups in total. The Labute approximate surface area is 78.2 Å². The number of allylic oxidation sites excluding steroid dienone is 1. The molecule has 0 radical (unpaired) electrons. The van der Waals surface area contributed by atoms with E-state index in [0.717, 1.165) is 5.56 Å². The van der Waals surface area contributed by atoms with Crippen molar-refractivity contribution in [2.24, 2.45) is 5.16 Å². The number of benzene rings is 1. The zero-order chi connectivity index (χ0) is 9.68. The highest BCUT2D eigenvalue weighted by molar-refractivity contribution is 5.95. The van der Waals surface area contributed by atoms with Crippen molar-refractivity contribution in [1.29, 1.82) is 0 Å². The first kappa shape index (κ1) is 9.52. The van der Waals surface area contributed by atoms with Gasteiger partial charge in [0.1, 0.15) is 0 Å². The van der Waals surface area contributed by atoms with Crippen LogP contribution in [-0.2, 0) is 0 Å². The van der Waals surface area contributed by atoms with Crippen molar-refractivity contribution >= 4 is 11.8 Å². The van der Waals surface area contributed by atoms with Gasteiger partial charge in [-0.05, 0) is 31.1 Å². The summed E-state index contributed by atoms with van der Waals surface area (Å²) in [6, 6.07) is 8.05. The van der Waals surface area contributed by atoms with Gasteiger partial charge in [-0.15, -0.1) is 0 Å². The Morgan fingerprint density at radius 1 is 1.38 bits per heavy atom. The van der Waals surface area contributed by atoms with E-state index in [2.05, 4.69) is 5.16 Å². The number of aryl methyl sites for hydroxylation is 1. The molecule has 0 heterocycles. The fraction of sp³-hybridized carbons (Fsp3) is 0.182. The minimum absolute atomic E-state index is 0.600. The van der Waals surface area contributed by atoms with Crippen molar-refractivity contribution in [1.82, 2.24) is 0 Å². The molecule has 2 nitrogen and oxygen atoms in total. The lowest BCUT2D eigenvalue weighted by Crippen LogP contribution is -1.84. The fourth-order valence-electron chi connectivity index (χ4n) is 1.02.